The SMILES string of the molecule is CCC(=O)C(=O)ON1CC(c2cc3c(cc2O)OCC3)c2c(Br)cccc21. The van der Waals surface area contributed by atoms with Gasteiger partial charge in [0.25, 0.3) is 0 Å². The van der Waals surface area contributed by atoms with Crippen LogP contribution in [0.3, 0.4) is 0 Å². The molecule has 140 valence electrons. The number of ether oxygens (including phenoxy) is 1. The van der Waals surface area contributed by atoms with Crippen molar-refractivity contribution in [3.63, 3.8) is 0 Å². The Morgan fingerprint density at radius 2 is 2.19 bits per heavy atom. The minimum atomic E-state index is -0.879. The highest BCUT2D eigenvalue weighted by Crippen LogP contribution is 2.47. The molecule has 1 N–H and O–H groups in total. The molecule has 0 radical (unpaired) electrons. The zero-order valence-electron chi connectivity index (χ0n) is 14.7. The molecule has 0 amide bonds. The van der Waals surface area contributed by atoms with Crippen LogP contribution in [0.1, 0.15) is 36.0 Å². The number of phenolic OH excluding ortho intramolecular Hbond substituents is 1. The van der Waals surface area contributed by atoms with E-state index in [4.69, 9.17) is 9.57 Å². The number of hydrogen-bond acceptors (Lipinski definition) is 6. The molecule has 2 heterocycles. The van der Waals surface area contributed by atoms with Gasteiger partial charge in [0.1, 0.15) is 11.5 Å². The van der Waals surface area contributed by atoms with E-state index in [9.17, 15) is 14.7 Å². The maximum absolute atomic E-state index is 12.0. The molecule has 2 aromatic rings. The number of fused-ring (bicyclic) bond motifs is 2. The number of nitrogens with zero attached hydrogens (tertiary/aromatic N) is 1. The molecule has 27 heavy (non-hydrogen) atoms. The quantitative estimate of drug-likeness (QED) is 0.746. The van der Waals surface area contributed by atoms with Crippen molar-refractivity contribution in [2.75, 3.05) is 18.2 Å². The Morgan fingerprint density at radius 3 is 2.96 bits per heavy atom. The van der Waals surface area contributed by atoms with Crippen LogP contribution in [0.15, 0.2) is 34.8 Å². The smallest absolute Gasteiger partial charge is 0.398 e. The summed E-state index contributed by atoms with van der Waals surface area (Å²) in [5.74, 6) is -0.826. The Balaban J connectivity index is 1.74. The van der Waals surface area contributed by atoms with Gasteiger partial charge in [-0.05, 0) is 23.8 Å². The molecular weight excluding hydrogens is 414 g/mol. The molecular formula is C20H18BrNO5. The Kier molecular flexibility index (Phi) is 4.55. The second-order valence-corrected chi connectivity index (χ2v) is 7.41. The van der Waals surface area contributed by atoms with E-state index in [1.54, 1.807) is 13.0 Å². The van der Waals surface area contributed by atoms with Gasteiger partial charge < -0.3 is 14.7 Å². The van der Waals surface area contributed by atoms with Crippen LogP contribution in [0.2, 0.25) is 0 Å². The molecule has 0 bridgehead atoms. The highest BCUT2D eigenvalue weighted by molar-refractivity contribution is 9.10. The van der Waals surface area contributed by atoms with Crippen molar-refractivity contribution < 1.29 is 24.3 Å². The summed E-state index contributed by atoms with van der Waals surface area (Å²) < 4.78 is 6.36. The predicted molar refractivity (Wildman–Crippen MR) is 102 cm³/mol. The molecule has 1 atom stereocenters. The fourth-order valence-corrected chi connectivity index (χ4v) is 4.22. The van der Waals surface area contributed by atoms with Crippen LogP contribution in [-0.2, 0) is 20.8 Å². The number of phenols is 1. The van der Waals surface area contributed by atoms with Crippen molar-refractivity contribution in [2.24, 2.45) is 0 Å². The molecule has 0 saturated heterocycles. The lowest BCUT2D eigenvalue weighted by Gasteiger charge is -2.18. The number of anilines is 1. The van der Waals surface area contributed by atoms with Crippen molar-refractivity contribution >= 4 is 33.4 Å². The zero-order chi connectivity index (χ0) is 19.1. The number of carbonyl (C=O) groups excluding carboxylic acids is 2. The van der Waals surface area contributed by atoms with E-state index in [0.717, 1.165) is 27.6 Å². The highest BCUT2D eigenvalue weighted by atomic mass is 79.9. The van der Waals surface area contributed by atoms with Crippen LogP contribution in [0.5, 0.6) is 11.5 Å². The van der Waals surface area contributed by atoms with Gasteiger partial charge in [-0.25, -0.2) is 9.86 Å². The fraction of sp³-hybridized carbons (Fsp3) is 0.300. The van der Waals surface area contributed by atoms with Crippen LogP contribution in [0, 0.1) is 0 Å². The van der Waals surface area contributed by atoms with Gasteiger partial charge in [-0.3, -0.25) is 4.79 Å². The average Bonchev–Trinajstić information content (AvgIpc) is 3.25. The number of hydrogen-bond donors (Lipinski definition) is 1. The lowest BCUT2D eigenvalue weighted by atomic mass is 9.91. The van der Waals surface area contributed by atoms with E-state index in [1.807, 2.05) is 24.3 Å². The summed E-state index contributed by atoms with van der Waals surface area (Å²) in [6.07, 6.45) is 0.884. The standard InChI is InChI=1S/C20H18BrNO5/c1-2-16(23)20(25)27-22-10-13(19-14(21)4-3-5-15(19)22)12-8-11-6-7-26-18(11)9-17(12)24/h3-5,8-9,13,24H,2,6-7,10H2,1H3. The number of ketones is 1. The lowest BCUT2D eigenvalue weighted by molar-refractivity contribution is -0.154. The summed E-state index contributed by atoms with van der Waals surface area (Å²) in [6.45, 7) is 2.53. The number of rotatable bonds is 4. The van der Waals surface area contributed by atoms with Gasteiger partial charge >= 0.3 is 5.97 Å². The maximum Gasteiger partial charge on any atom is 0.398 e. The van der Waals surface area contributed by atoms with Crippen LogP contribution in [-0.4, -0.2) is 30.0 Å². The number of Topliss-reactive ketones (excluding diaryl/α,β-unsaturated/α-hetero) is 1. The minimum absolute atomic E-state index is 0.0903. The van der Waals surface area contributed by atoms with Crippen LogP contribution < -0.4 is 9.80 Å². The summed E-state index contributed by atoms with van der Waals surface area (Å²) in [4.78, 5) is 29.0. The number of hydroxylamine groups is 1. The molecule has 0 aromatic heterocycles. The second-order valence-electron chi connectivity index (χ2n) is 6.56. The molecule has 4 rings (SSSR count). The Morgan fingerprint density at radius 1 is 1.37 bits per heavy atom. The van der Waals surface area contributed by atoms with E-state index >= 15 is 0 Å². The second kappa shape index (κ2) is 6.88. The van der Waals surface area contributed by atoms with Gasteiger partial charge in [0, 0.05) is 40.4 Å². The monoisotopic (exact) mass is 431 g/mol. The first kappa shape index (κ1) is 17.9. The fourth-order valence-electron chi connectivity index (χ4n) is 3.59. The third kappa shape index (κ3) is 3.06. The number of halogens is 1. The van der Waals surface area contributed by atoms with E-state index in [1.165, 1.54) is 5.06 Å². The number of benzene rings is 2. The lowest BCUT2D eigenvalue weighted by Crippen LogP contribution is -2.30. The van der Waals surface area contributed by atoms with E-state index in [2.05, 4.69) is 15.9 Å². The highest BCUT2D eigenvalue weighted by Gasteiger charge is 2.36. The first-order valence-electron chi connectivity index (χ1n) is 8.79. The largest absolute Gasteiger partial charge is 0.508 e. The molecule has 0 aliphatic carbocycles. The molecule has 7 heteroatoms. The summed E-state index contributed by atoms with van der Waals surface area (Å²) in [5, 5.41) is 12.0. The Bertz CT molecular complexity index is 942. The third-order valence-corrected chi connectivity index (χ3v) is 5.64. The molecule has 2 aliphatic rings. The molecule has 6 nitrogen and oxygen atoms in total. The maximum atomic E-state index is 12.0. The van der Waals surface area contributed by atoms with Gasteiger partial charge in [-0.15, -0.1) is 0 Å². The van der Waals surface area contributed by atoms with Crippen molar-refractivity contribution in [2.45, 2.75) is 25.7 Å². The first-order valence-corrected chi connectivity index (χ1v) is 9.58. The van der Waals surface area contributed by atoms with Gasteiger partial charge in [-0.1, -0.05) is 28.9 Å². The summed E-state index contributed by atoms with van der Waals surface area (Å²) in [6, 6.07) is 9.17. The van der Waals surface area contributed by atoms with E-state index < -0.39 is 11.8 Å². The van der Waals surface area contributed by atoms with Crippen LogP contribution in [0.4, 0.5) is 5.69 Å². The molecule has 2 aromatic carbocycles. The van der Waals surface area contributed by atoms with E-state index in [0.29, 0.717) is 24.6 Å². The average molecular weight is 432 g/mol. The first-order chi connectivity index (χ1) is 13.0. The van der Waals surface area contributed by atoms with E-state index in [-0.39, 0.29) is 18.1 Å². The molecule has 1 unspecified atom stereocenters. The Labute approximate surface area is 164 Å². The topological polar surface area (TPSA) is 76.1 Å². The number of aromatic hydroxyl groups is 1. The molecule has 2 aliphatic heterocycles. The summed E-state index contributed by atoms with van der Waals surface area (Å²) in [7, 11) is 0. The predicted octanol–water partition coefficient (Wildman–Crippen LogP) is 3.48. The van der Waals surface area contributed by atoms with Gasteiger partial charge in [0.05, 0.1) is 18.8 Å². The van der Waals surface area contributed by atoms with Gasteiger partial charge in [-0.2, -0.15) is 0 Å². The summed E-state index contributed by atoms with van der Waals surface area (Å²) in [5.41, 5.74) is 3.40. The minimum Gasteiger partial charge on any atom is -0.508 e. The van der Waals surface area contributed by atoms with Crippen LogP contribution in [0.25, 0.3) is 0 Å². The molecule has 0 saturated carbocycles. The van der Waals surface area contributed by atoms with Crippen molar-refractivity contribution in [3.8, 4) is 11.5 Å². The van der Waals surface area contributed by atoms with Gasteiger partial charge in [0.15, 0.2) is 0 Å². The molecule has 0 spiro atoms. The zero-order valence-corrected chi connectivity index (χ0v) is 16.3. The third-order valence-electron chi connectivity index (χ3n) is 4.95. The van der Waals surface area contributed by atoms with Crippen molar-refractivity contribution in [1.82, 2.24) is 0 Å². The summed E-state index contributed by atoms with van der Waals surface area (Å²) >= 11 is 3.57. The number of carbonyl (C=O) groups is 2. The van der Waals surface area contributed by atoms with Crippen LogP contribution >= 0.6 is 15.9 Å². The van der Waals surface area contributed by atoms with Crippen molar-refractivity contribution in [1.29, 1.82) is 0 Å². The van der Waals surface area contributed by atoms with Crippen molar-refractivity contribution in [3.05, 3.63) is 51.5 Å². The Hall–Kier alpha value is -2.54. The van der Waals surface area contributed by atoms with Gasteiger partial charge in [0.2, 0.25) is 5.78 Å². The normalized spacial score (nSPS) is 17.3. The molecule has 0 fully saturated rings.